The van der Waals surface area contributed by atoms with Gasteiger partial charge in [0.05, 0.1) is 19.2 Å². The second-order valence-corrected chi connectivity index (χ2v) is 4.84. The summed E-state index contributed by atoms with van der Waals surface area (Å²) in [6.07, 6.45) is 2.49. The zero-order valence-corrected chi connectivity index (χ0v) is 11.5. The fraction of sp³-hybridized carbons (Fsp3) is 0.357. The summed E-state index contributed by atoms with van der Waals surface area (Å²) in [6.45, 7) is 1.59. The SMILES string of the molecule is O=C(NCc1nncn1-c1ccccc1)NC1CCOC1. The van der Waals surface area contributed by atoms with E-state index in [1.54, 1.807) is 6.33 Å². The number of ether oxygens (including phenoxy) is 1. The number of rotatable bonds is 4. The summed E-state index contributed by atoms with van der Waals surface area (Å²) in [4.78, 5) is 11.8. The number of nitrogens with zero attached hydrogens (tertiary/aromatic N) is 3. The first kappa shape index (κ1) is 13.6. The van der Waals surface area contributed by atoms with Crippen molar-refractivity contribution in [3.63, 3.8) is 0 Å². The Bertz CT molecular complexity index is 592. The minimum atomic E-state index is -0.215. The van der Waals surface area contributed by atoms with Crippen LogP contribution in [0.2, 0.25) is 0 Å². The first-order chi connectivity index (χ1) is 10.3. The number of benzene rings is 1. The Morgan fingerprint density at radius 2 is 2.24 bits per heavy atom. The van der Waals surface area contributed by atoms with Gasteiger partial charge in [0.15, 0.2) is 5.82 Å². The van der Waals surface area contributed by atoms with Crippen LogP contribution in [-0.2, 0) is 11.3 Å². The fourth-order valence-corrected chi connectivity index (χ4v) is 2.23. The molecule has 1 unspecified atom stereocenters. The molecule has 1 atom stereocenters. The van der Waals surface area contributed by atoms with Crippen LogP contribution in [0.3, 0.4) is 0 Å². The third-order valence-electron chi connectivity index (χ3n) is 3.32. The van der Waals surface area contributed by atoms with Gasteiger partial charge in [0.25, 0.3) is 0 Å². The van der Waals surface area contributed by atoms with Gasteiger partial charge >= 0.3 is 6.03 Å². The number of carbonyl (C=O) groups excluding carboxylic acids is 1. The van der Waals surface area contributed by atoms with Crippen molar-refractivity contribution in [3.8, 4) is 5.69 Å². The number of urea groups is 1. The van der Waals surface area contributed by atoms with Gasteiger partial charge in [-0.1, -0.05) is 18.2 Å². The van der Waals surface area contributed by atoms with Crippen LogP contribution in [0.1, 0.15) is 12.2 Å². The van der Waals surface area contributed by atoms with E-state index >= 15 is 0 Å². The number of nitrogens with one attached hydrogen (secondary N) is 2. The molecule has 3 rings (SSSR count). The van der Waals surface area contributed by atoms with Gasteiger partial charge in [-0.15, -0.1) is 10.2 Å². The largest absolute Gasteiger partial charge is 0.379 e. The molecule has 1 aromatic carbocycles. The Morgan fingerprint density at radius 1 is 1.38 bits per heavy atom. The summed E-state index contributed by atoms with van der Waals surface area (Å²) in [5, 5.41) is 13.6. The van der Waals surface area contributed by atoms with Crippen LogP contribution in [-0.4, -0.2) is 40.1 Å². The number of hydrogen-bond donors (Lipinski definition) is 2. The maximum absolute atomic E-state index is 11.8. The maximum atomic E-state index is 11.8. The van der Waals surface area contributed by atoms with Gasteiger partial charge in [-0.25, -0.2) is 4.79 Å². The van der Waals surface area contributed by atoms with E-state index in [1.807, 2.05) is 34.9 Å². The lowest BCUT2D eigenvalue weighted by molar-refractivity contribution is 0.188. The average molecular weight is 287 g/mol. The predicted molar refractivity (Wildman–Crippen MR) is 76.0 cm³/mol. The highest BCUT2D eigenvalue weighted by Crippen LogP contribution is 2.08. The van der Waals surface area contributed by atoms with Crippen molar-refractivity contribution in [1.29, 1.82) is 0 Å². The van der Waals surface area contributed by atoms with Gasteiger partial charge in [-0.2, -0.15) is 0 Å². The molecule has 2 heterocycles. The molecule has 110 valence electrons. The van der Waals surface area contributed by atoms with Crippen LogP contribution in [0.15, 0.2) is 36.7 Å². The van der Waals surface area contributed by atoms with Crippen molar-refractivity contribution in [1.82, 2.24) is 25.4 Å². The van der Waals surface area contributed by atoms with Gasteiger partial charge < -0.3 is 15.4 Å². The van der Waals surface area contributed by atoms with E-state index in [-0.39, 0.29) is 12.1 Å². The molecule has 1 saturated heterocycles. The molecule has 0 saturated carbocycles. The Kier molecular flexibility index (Phi) is 4.11. The topological polar surface area (TPSA) is 81.1 Å². The molecule has 1 aromatic heterocycles. The molecule has 1 fully saturated rings. The number of hydrogen-bond acceptors (Lipinski definition) is 4. The summed E-state index contributed by atoms with van der Waals surface area (Å²) in [5.74, 6) is 0.680. The van der Waals surface area contributed by atoms with Crippen LogP contribution in [0.5, 0.6) is 0 Å². The molecule has 0 bridgehead atoms. The van der Waals surface area contributed by atoms with E-state index < -0.39 is 0 Å². The van der Waals surface area contributed by atoms with Gasteiger partial charge in [0.1, 0.15) is 6.33 Å². The lowest BCUT2D eigenvalue weighted by Crippen LogP contribution is -2.42. The highest BCUT2D eigenvalue weighted by molar-refractivity contribution is 5.74. The van der Waals surface area contributed by atoms with Crippen LogP contribution < -0.4 is 10.6 Å². The molecule has 0 radical (unpaired) electrons. The van der Waals surface area contributed by atoms with Crippen molar-refractivity contribution in [3.05, 3.63) is 42.5 Å². The molecule has 1 aliphatic rings. The molecule has 2 amide bonds. The molecule has 21 heavy (non-hydrogen) atoms. The van der Waals surface area contributed by atoms with E-state index in [0.29, 0.717) is 25.6 Å². The van der Waals surface area contributed by atoms with E-state index in [9.17, 15) is 4.79 Å². The summed E-state index contributed by atoms with van der Waals surface area (Å²) in [6, 6.07) is 9.64. The zero-order chi connectivity index (χ0) is 14.5. The normalized spacial score (nSPS) is 17.6. The number of carbonyl (C=O) groups is 1. The second-order valence-electron chi connectivity index (χ2n) is 4.84. The van der Waals surface area contributed by atoms with E-state index in [2.05, 4.69) is 20.8 Å². The van der Waals surface area contributed by atoms with Gasteiger partial charge in [0, 0.05) is 12.3 Å². The van der Waals surface area contributed by atoms with Crippen molar-refractivity contribution >= 4 is 6.03 Å². The summed E-state index contributed by atoms with van der Waals surface area (Å²) >= 11 is 0. The highest BCUT2D eigenvalue weighted by atomic mass is 16.5. The predicted octanol–water partition coefficient (Wildman–Crippen LogP) is 0.855. The molecular weight excluding hydrogens is 270 g/mol. The second kappa shape index (κ2) is 6.36. The number of para-hydroxylation sites is 1. The van der Waals surface area contributed by atoms with E-state index in [0.717, 1.165) is 12.1 Å². The monoisotopic (exact) mass is 287 g/mol. The summed E-state index contributed by atoms with van der Waals surface area (Å²) in [5.41, 5.74) is 0.962. The molecular formula is C14H17N5O2. The average Bonchev–Trinajstić information content (AvgIpc) is 3.17. The minimum Gasteiger partial charge on any atom is -0.379 e. The highest BCUT2D eigenvalue weighted by Gasteiger charge is 2.17. The van der Waals surface area contributed by atoms with Crippen molar-refractivity contribution in [2.45, 2.75) is 19.0 Å². The van der Waals surface area contributed by atoms with E-state index in [1.165, 1.54) is 0 Å². The van der Waals surface area contributed by atoms with Crippen molar-refractivity contribution < 1.29 is 9.53 Å². The van der Waals surface area contributed by atoms with Crippen LogP contribution >= 0.6 is 0 Å². The molecule has 7 heteroatoms. The number of aromatic nitrogens is 3. The first-order valence-electron chi connectivity index (χ1n) is 6.89. The molecule has 2 N–H and O–H groups in total. The molecule has 0 spiro atoms. The Hall–Kier alpha value is -2.41. The third-order valence-corrected chi connectivity index (χ3v) is 3.32. The number of amides is 2. The maximum Gasteiger partial charge on any atom is 0.315 e. The molecule has 0 aliphatic carbocycles. The van der Waals surface area contributed by atoms with Gasteiger partial charge in [-0.3, -0.25) is 4.57 Å². The van der Waals surface area contributed by atoms with Gasteiger partial charge in [0.2, 0.25) is 0 Å². The zero-order valence-electron chi connectivity index (χ0n) is 11.5. The van der Waals surface area contributed by atoms with Crippen molar-refractivity contribution in [2.24, 2.45) is 0 Å². The Labute approximate surface area is 122 Å². The lowest BCUT2D eigenvalue weighted by Gasteiger charge is -2.12. The van der Waals surface area contributed by atoms with Crippen LogP contribution in [0.25, 0.3) is 5.69 Å². The van der Waals surface area contributed by atoms with Gasteiger partial charge in [-0.05, 0) is 18.6 Å². The smallest absolute Gasteiger partial charge is 0.315 e. The van der Waals surface area contributed by atoms with E-state index in [4.69, 9.17) is 4.74 Å². The standard InChI is InChI=1S/C14H17N5O2/c20-14(17-11-6-7-21-9-11)15-8-13-18-16-10-19(13)12-4-2-1-3-5-12/h1-5,10-11H,6-9H2,(H2,15,17,20). The fourth-order valence-electron chi connectivity index (χ4n) is 2.23. The lowest BCUT2D eigenvalue weighted by atomic mass is 10.3. The van der Waals surface area contributed by atoms with Crippen LogP contribution in [0, 0.1) is 0 Å². The Morgan fingerprint density at radius 3 is 3.00 bits per heavy atom. The summed E-state index contributed by atoms with van der Waals surface area (Å²) < 4.78 is 7.06. The minimum absolute atomic E-state index is 0.0944. The first-order valence-corrected chi connectivity index (χ1v) is 6.89. The van der Waals surface area contributed by atoms with Crippen LogP contribution in [0.4, 0.5) is 4.79 Å². The molecule has 7 nitrogen and oxygen atoms in total. The van der Waals surface area contributed by atoms with Crippen molar-refractivity contribution in [2.75, 3.05) is 13.2 Å². The Balaban J connectivity index is 1.58. The molecule has 2 aromatic rings. The third kappa shape index (κ3) is 3.38. The summed E-state index contributed by atoms with van der Waals surface area (Å²) in [7, 11) is 0. The quantitative estimate of drug-likeness (QED) is 0.873. The molecule has 1 aliphatic heterocycles.